The topological polar surface area (TPSA) is 93.7 Å². The Bertz CT molecular complexity index is 937. The SMILES string of the molecule is C#CCN1C(=O)SC(=Cc2ccc(-c3ccc([N+](=O)[O-])cc3)o2)C1=O. The van der Waals surface area contributed by atoms with Gasteiger partial charge in [-0.1, -0.05) is 5.92 Å². The minimum Gasteiger partial charge on any atom is -0.457 e. The van der Waals surface area contributed by atoms with Gasteiger partial charge in [0.25, 0.3) is 16.8 Å². The summed E-state index contributed by atoms with van der Waals surface area (Å²) in [6.45, 7) is -0.0752. The molecule has 7 nitrogen and oxygen atoms in total. The summed E-state index contributed by atoms with van der Waals surface area (Å²) in [4.78, 5) is 35.2. The predicted octanol–water partition coefficient (Wildman–Crippen LogP) is 3.52. The molecular weight excluding hydrogens is 344 g/mol. The van der Waals surface area contributed by atoms with E-state index in [9.17, 15) is 19.7 Å². The molecule has 2 aromatic rings. The number of carbonyl (C=O) groups is 2. The van der Waals surface area contributed by atoms with Crippen LogP contribution in [0.1, 0.15) is 5.76 Å². The fourth-order valence-electron chi connectivity index (χ4n) is 2.19. The largest absolute Gasteiger partial charge is 0.457 e. The molecule has 1 aromatic carbocycles. The van der Waals surface area contributed by atoms with Gasteiger partial charge in [0.05, 0.1) is 16.4 Å². The van der Waals surface area contributed by atoms with E-state index in [4.69, 9.17) is 10.8 Å². The highest BCUT2D eigenvalue weighted by atomic mass is 32.2. The number of amides is 2. The monoisotopic (exact) mass is 354 g/mol. The van der Waals surface area contributed by atoms with Crippen molar-refractivity contribution < 1.29 is 18.9 Å². The highest BCUT2D eigenvalue weighted by Crippen LogP contribution is 2.33. The quantitative estimate of drug-likeness (QED) is 0.361. The summed E-state index contributed by atoms with van der Waals surface area (Å²) in [5.41, 5.74) is 0.642. The van der Waals surface area contributed by atoms with Gasteiger partial charge in [0, 0.05) is 23.8 Å². The molecule has 0 saturated carbocycles. The van der Waals surface area contributed by atoms with Crippen LogP contribution in [0.2, 0.25) is 0 Å². The highest BCUT2D eigenvalue weighted by molar-refractivity contribution is 8.18. The second kappa shape index (κ2) is 6.67. The Morgan fingerprint density at radius 1 is 1.24 bits per heavy atom. The lowest BCUT2D eigenvalue weighted by Crippen LogP contribution is -2.28. The van der Waals surface area contributed by atoms with E-state index in [2.05, 4.69) is 5.92 Å². The van der Waals surface area contributed by atoms with Gasteiger partial charge in [-0.3, -0.25) is 24.6 Å². The predicted molar refractivity (Wildman–Crippen MR) is 92.3 cm³/mol. The number of terminal acetylenes is 1. The van der Waals surface area contributed by atoms with Crippen LogP contribution in [0.3, 0.4) is 0 Å². The van der Waals surface area contributed by atoms with Crippen LogP contribution in [0.15, 0.2) is 45.7 Å². The van der Waals surface area contributed by atoms with Gasteiger partial charge in [-0.25, -0.2) is 0 Å². The summed E-state index contributed by atoms with van der Waals surface area (Å²) in [5, 5.41) is 10.3. The van der Waals surface area contributed by atoms with Crippen LogP contribution in [-0.2, 0) is 4.79 Å². The maximum Gasteiger partial charge on any atom is 0.294 e. The summed E-state index contributed by atoms with van der Waals surface area (Å²) >= 11 is 0.795. The Morgan fingerprint density at radius 2 is 1.96 bits per heavy atom. The van der Waals surface area contributed by atoms with Gasteiger partial charge >= 0.3 is 0 Å². The summed E-state index contributed by atoms with van der Waals surface area (Å²) < 4.78 is 5.63. The van der Waals surface area contributed by atoms with Gasteiger partial charge in [0.15, 0.2) is 0 Å². The third kappa shape index (κ3) is 3.32. The average Bonchev–Trinajstić information content (AvgIpc) is 3.16. The summed E-state index contributed by atoms with van der Waals surface area (Å²) in [5.74, 6) is 2.69. The van der Waals surface area contributed by atoms with Gasteiger partial charge in [-0.15, -0.1) is 6.42 Å². The van der Waals surface area contributed by atoms with E-state index in [-0.39, 0.29) is 17.1 Å². The molecular formula is C17H10N2O5S. The Kier molecular flexibility index (Phi) is 4.41. The molecule has 3 rings (SSSR count). The van der Waals surface area contributed by atoms with Gasteiger partial charge in [-0.05, 0) is 36.0 Å². The maximum atomic E-state index is 12.1. The summed E-state index contributed by atoms with van der Waals surface area (Å²) in [7, 11) is 0. The number of nitrogens with zero attached hydrogens (tertiary/aromatic N) is 2. The number of hydrogen-bond donors (Lipinski definition) is 0. The van der Waals surface area contributed by atoms with E-state index < -0.39 is 16.1 Å². The number of nitro benzene ring substituents is 1. The number of benzene rings is 1. The van der Waals surface area contributed by atoms with Crippen molar-refractivity contribution in [3.05, 3.63) is 57.2 Å². The smallest absolute Gasteiger partial charge is 0.294 e. The number of nitro groups is 1. The van der Waals surface area contributed by atoms with Gasteiger partial charge < -0.3 is 4.42 Å². The molecule has 2 heterocycles. The van der Waals surface area contributed by atoms with Crippen molar-refractivity contribution in [2.75, 3.05) is 6.54 Å². The molecule has 25 heavy (non-hydrogen) atoms. The first-order valence-electron chi connectivity index (χ1n) is 7.03. The van der Waals surface area contributed by atoms with Gasteiger partial charge in [-0.2, -0.15) is 0 Å². The van der Waals surface area contributed by atoms with Crippen molar-refractivity contribution >= 4 is 34.7 Å². The molecule has 1 aliphatic rings. The molecule has 0 unspecified atom stereocenters. The lowest BCUT2D eigenvalue weighted by atomic mass is 10.1. The molecule has 124 valence electrons. The number of imide groups is 1. The van der Waals surface area contributed by atoms with Crippen LogP contribution in [0.4, 0.5) is 10.5 Å². The van der Waals surface area contributed by atoms with E-state index in [1.807, 2.05) is 0 Å². The third-order valence-corrected chi connectivity index (χ3v) is 4.29. The number of furan rings is 1. The maximum absolute atomic E-state index is 12.1. The van der Waals surface area contributed by atoms with Crippen LogP contribution in [0, 0.1) is 22.5 Å². The molecule has 1 saturated heterocycles. The van der Waals surface area contributed by atoms with Gasteiger partial charge in [0.1, 0.15) is 11.5 Å². The van der Waals surface area contributed by atoms with Crippen LogP contribution < -0.4 is 0 Å². The third-order valence-electron chi connectivity index (χ3n) is 3.39. The minimum atomic E-state index is -0.482. The average molecular weight is 354 g/mol. The molecule has 1 fully saturated rings. The van der Waals surface area contributed by atoms with Crippen LogP contribution >= 0.6 is 11.8 Å². The number of thioether (sulfide) groups is 1. The molecule has 1 aromatic heterocycles. The second-order valence-electron chi connectivity index (χ2n) is 4.98. The van der Waals surface area contributed by atoms with Crippen LogP contribution in [-0.4, -0.2) is 27.5 Å². The number of rotatable bonds is 4. The molecule has 0 atom stereocenters. The fraction of sp³-hybridized carbons (Fsp3) is 0.0588. The number of non-ortho nitro benzene ring substituents is 1. The van der Waals surface area contributed by atoms with Crippen molar-refractivity contribution in [2.24, 2.45) is 0 Å². The Labute approximate surface area is 146 Å². The first-order chi connectivity index (χ1) is 12.0. The first-order valence-corrected chi connectivity index (χ1v) is 7.85. The lowest BCUT2D eigenvalue weighted by molar-refractivity contribution is -0.384. The molecule has 0 aliphatic carbocycles. The molecule has 0 bridgehead atoms. The lowest BCUT2D eigenvalue weighted by Gasteiger charge is -2.06. The van der Waals surface area contributed by atoms with E-state index in [0.717, 1.165) is 16.7 Å². The molecule has 0 N–H and O–H groups in total. The standard InChI is InChI=1S/C17H10N2O5S/c1-2-9-18-16(20)15(25-17(18)21)10-13-7-8-14(24-13)11-3-5-12(6-4-11)19(22)23/h1,3-8,10H,9H2. The van der Waals surface area contributed by atoms with E-state index in [0.29, 0.717) is 17.1 Å². The Balaban J connectivity index is 1.82. The van der Waals surface area contributed by atoms with Crippen molar-refractivity contribution in [1.82, 2.24) is 4.90 Å². The molecule has 2 amide bonds. The molecule has 1 aliphatic heterocycles. The van der Waals surface area contributed by atoms with Crippen molar-refractivity contribution in [3.8, 4) is 23.7 Å². The second-order valence-corrected chi connectivity index (χ2v) is 5.97. The fourth-order valence-corrected chi connectivity index (χ4v) is 3.01. The van der Waals surface area contributed by atoms with E-state index >= 15 is 0 Å². The van der Waals surface area contributed by atoms with Gasteiger partial charge in [0.2, 0.25) is 0 Å². The number of hydrogen-bond acceptors (Lipinski definition) is 6. The van der Waals surface area contributed by atoms with Crippen molar-refractivity contribution in [2.45, 2.75) is 0 Å². The summed E-state index contributed by atoms with van der Waals surface area (Å²) in [6, 6.07) is 9.22. The molecule has 8 heteroatoms. The molecule has 0 radical (unpaired) electrons. The Hall–Kier alpha value is -3.31. The van der Waals surface area contributed by atoms with Crippen molar-refractivity contribution in [1.29, 1.82) is 0 Å². The normalized spacial score (nSPS) is 15.6. The molecule has 0 spiro atoms. The van der Waals surface area contributed by atoms with Crippen LogP contribution in [0.25, 0.3) is 17.4 Å². The Morgan fingerprint density at radius 3 is 2.60 bits per heavy atom. The zero-order valence-corrected chi connectivity index (χ0v) is 13.5. The van der Waals surface area contributed by atoms with Crippen LogP contribution in [0.5, 0.6) is 0 Å². The van der Waals surface area contributed by atoms with Crippen molar-refractivity contribution in [3.63, 3.8) is 0 Å². The van der Waals surface area contributed by atoms with E-state index in [1.165, 1.54) is 18.2 Å². The highest BCUT2D eigenvalue weighted by Gasteiger charge is 2.34. The number of carbonyl (C=O) groups excluding carboxylic acids is 2. The zero-order chi connectivity index (χ0) is 18.0. The zero-order valence-electron chi connectivity index (χ0n) is 12.7. The summed E-state index contributed by atoms with van der Waals surface area (Å²) in [6.07, 6.45) is 6.61. The van der Waals surface area contributed by atoms with E-state index in [1.54, 1.807) is 24.3 Å². The minimum absolute atomic E-state index is 0.0160. The first kappa shape index (κ1) is 16.5.